The third-order valence-corrected chi connectivity index (χ3v) is 10.7. The maximum atomic E-state index is 12.5. The number of amides is 2. The summed E-state index contributed by atoms with van der Waals surface area (Å²) < 4.78 is 11.7. The highest BCUT2D eigenvalue weighted by atomic mass is 16.5. The molecule has 58 heavy (non-hydrogen) atoms. The third kappa shape index (κ3) is 8.37. The topological polar surface area (TPSA) is 101 Å². The van der Waals surface area contributed by atoms with Crippen molar-refractivity contribution < 1.29 is 19.1 Å². The van der Waals surface area contributed by atoms with E-state index in [-0.39, 0.29) is 24.3 Å². The number of hydrogen-bond acceptors (Lipinski definition) is 6. The summed E-state index contributed by atoms with van der Waals surface area (Å²) in [6.45, 7) is 5.34. The monoisotopic (exact) mass is 772 g/mol. The summed E-state index contributed by atoms with van der Waals surface area (Å²) in [4.78, 5) is 25.0. The Morgan fingerprint density at radius 2 is 0.638 bits per heavy atom. The van der Waals surface area contributed by atoms with Crippen LogP contribution in [0.5, 0.6) is 0 Å². The second kappa shape index (κ2) is 19.0. The molecule has 6 aromatic rings. The van der Waals surface area contributed by atoms with Crippen molar-refractivity contribution in [2.24, 2.45) is 0 Å². The van der Waals surface area contributed by atoms with Crippen molar-refractivity contribution in [2.45, 2.75) is 62.3 Å². The van der Waals surface area contributed by atoms with E-state index in [1.54, 1.807) is 0 Å². The van der Waals surface area contributed by atoms with Gasteiger partial charge in [-0.05, 0) is 46.2 Å². The molecule has 0 radical (unpaired) electrons. The van der Waals surface area contributed by atoms with E-state index >= 15 is 0 Å². The second-order valence-corrected chi connectivity index (χ2v) is 14.5. The molecule has 6 aromatic carbocycles. The Kier molecular flexibility index (Phi) is 13.2. The zero-order valence-corrected chi connectivity index (χ0v) is 33.1. The lowest BCUT2D eigenvalue weighted by Gasteiger charge is -2.45. The number of rotatable bonds is 16. The lowest BCUT2D eigenvalue weighted by atomic mass is 9.76. The van der Waals surface area contributed by atoms with Gasteiger partial charge in [0.1, 0.15) is 12.1 Å². The first-order valence-electron chi connectivity index (χ1n) is 20.2. The quantitative estimate of drug-likeness (QED) is 0.0597. The molecule has 2 aliphatic heterocycles. The van der Waals surface area contributed by atoms with Crippen LogP contribution in [0.25, 0.3) is 0 Å². The van der Waals surface area contributed by atoms with Crippen LogP contribution in [0.15, 0.2) is 182 Å². The van der Waals surface area contributed by atoms with Gasteiger partial charge in [-0.2, -0.15) is 0 Å². The molecule has 0 bridgehead atoms. The van der Waals surface area contributed by atoms with E-state index in [4.69, 9.17) is 9.47 Å². The van der Waals surface area contributed by atoms with Gasteiger partial charge in [-0.1, -0.05) is 196 Å². The van der Waals surface area contributed by atoms with Crippen molar-refractivity contribution >= 4 is 11.8 Å². The van der Waals surface area contributed by atoms with E-state index in [0.717, 1.165) is 46.2 Å². The van der Waals surface area contributed by atoms with Crippen LogP contribution in [0.3, 0.4) is 0 Å². The molecule has 0 saturated carbocycles. The molecule has 8 heteroatoms. The lowest BCUT2D eigenvalue weighted by molar-refractivity contribution is -0.149. The highest BCUT2D eigenvalue weighted by Gasteiger charge is 2.49. The van der Waals surface area contributed by atoms with Gasteiger partial charge < -0.3 is 20.1 Å². The number of carbonyl (C=O) groups is 2. The first kappa shape index (κ1) is 40.3. The molecule has 2 heterocycles. The average molecular weight is 773 g/mol. The number of β-lactam (4-membered cyclic amide) rings is 2. The van der Waals surface area contributed by atoms with Crippen molar-refractivity contribution in [2.75, 3.05) is 13.2 Å². The highest BCUT2D eigenvalue weighted by Crippen LogP contribution is 2.39. The van der Waals surface area contributed by atoms with Crippen LogP contribution in [0.1, 0.15) is 60.1 Å². The largest absolute Gasteiger partial charge is 0.356 e. The summed E-state index contributed by atoms with van der Waals surface area (Å²) in [5.74, 6) is -0.0865. The smallest absolute Gasteiger partial charge is 0.243 e. The predicted octanol–water partition coefficient (Wildman–Crippen LogP) is 7.64. The molecular weight excluding hydrogens is 721 g/mol. The molecule has 0 spiro atoms. The summed E-state index contributed by atoms with van der Waals surface area (Å²) in [5, 5.41) is 13.1. The molecule has 0 aliphatic carbocycles. The van der Waals surface area contributed by atoms with Crippen molar-refractivity contribution in [3.63, 3.8) is 0 Å². The standard InChI is InChI=1S/2C25H26N2O2/c2*1-2-18-29-24-22(23(28)26-24)27-25(19-12-6-3-7-13-19,20-14-8-4-9-15-20)21-16-10-5-11-17-21/h2*3-17,22,24,27H,2,18H2,1H3,(H,26,28)/t22-,24+;22-,24-/m11/s1. The van der Waals surface area contributed by atoms with E-state index in [1.807, 2.05) is 109 Å². The van der Waals surface area contributed by atoms with Crippen LogP contribution in [-0.4, -0.2) is 49.6 Å². The van der Waals surface area contributed by atoms with Crippen LogP contribution < -0.4 is 21.3 Å². The van der Waals surface area contributed by atoms with Gasteiger partial charge in [-0.3, -0.25) is 20.2 Å². The van der Waals surface area contributed by atoms with Gasteiger partial charge >= 0.3 is 0 Å². The number of hydrogen-bond donors (Lipinski definition) is 4. The molecular formula is C50H52N4O4. The minimum absolute atomic E-state index is 0.0433. The maximum Gasteiger partial charge on any atom is 0.243 e. The van der Waals surface area contributed by atoms with Crippen molar-refractivity contribution in [1.29, 1.82) is 0 Å². The van der Waals surface area contributed by atoms with E-state index in [2.05, 4.69) is 108 Å². The van der Waals surface area contributed by atoms with Crippen molar-refractivity contribution in [3.8, 4) is 0 Å². The van der Waals surface area contributed by atoms with E-state index in [0.29, 0.717) is 13.2 Å². The van der Waals surface area contributed by atoms with Crippen molar-refractivity contribution in [1.82, 2.24) is 21.3 Å². The molecule has 0 aromatic heterocycles. The summed E-state index contributed by atoms with van der Waals surface area (Å²) in [5.41, 5.74) is 5.09. The minimum Gasteiger partial charge on any atom is -0.356 e. The molecule has 2 fully saturated rings. The Labute approximate surface area is 342 Å². The van der Waals surface area contributed by atoms with E-state index < -0.39 is 23.2 Å². The molecule has 4 atom stereocenters. The Hall–Kier alpha value is -5.90. The Balaban J connectivity index is 0.000000177. The molecule has 2 aliphatic rings. The summed E-state index contributed by atoms with van der Waals surface area (Å²) in [6, 6.07) is 60.8. The van der Waals surface area contributed by atoms with Crippen LogP contribution in [0, 0.1) is 0 Å². The number of carbonyl (C=O) groups excluding carboxylic acids is 2. The predicted molar refractivity (Wildman–Crippen MR) is 229 cm³/mol. The molecule has 8 rings (SSSR count). The molecule has 4 N–H and O–H groups in total. The highest BCUT2D eigenvalue weighted by molar-refractivity contribution is 5.89. The maximum absolute atomic E-state index is 12.5. The first-order valence-corrected chi connectivity index (χ1v) is 20.2. The van der Waals surface area contributed by atoms with Gasteiger partial charge in [0.2, 0.25) is 11.8 Å². The number of ether oxygens (including phenoxy) is 2. The number of benzene rings is 6. The average Bonchev–Trinajstić information content (AvgIpc) is 3.29. The minimum atomic E-state index is -0.681. The molecule has 296 valence electrons. The SMILES string of the molecule is CCCO[C@@H]1NC(=O)[C@H]1NC(c1ccccc1)(c1ccccc1)c1ccccc1.CCCO[C@H]1NC(=O)[C@H]1NC(c1ccccc1)(c1ccccc1)c1ccccc1. The van der Waals surface area contributed by atoms with Gasteiger partial charge in [-0.15, -0.1) is 0 Å². The molecule has 2 saturated heterocycles. The van der Waals surface area contributed by atoms with Gasteiger partial charge in [0.05, 0.1) is 11.1 Å². The van der Waals surface area contributed by atoms with Gasteiger partial charge in [-0.25, -0.2) is 0 Å². The van der Waals surface area contributed by atoms with Crippen LogP contribution >= 0.6 is 0 Å². The summed E-state index contributed by atoms with van der Waals surface area (Å²) in [6.07, 6.45) is 1.14. The third-order valence-electron chi connectivity index (χ3n) is 10.7. The van der Waals surface area contributed by atoms with Gasteiger partial charge in [0.25, 0.3) is 0 Å². The molecule has 8 nitrogen and oxygen atoms in total. The fourth-order valence-corrected chi connectivity index (χ4v) is 7.85. The van der Waals surface area contributed by atoms with E-state index in [9.17, 15) is 9.59 Å². The fourth-order valence-electron chi connectivity index (χ4n) is 7.85. The van der Waals surface area contributed by atoms with Crippen LogP contribution in [0.4, 0.5) is 0 Å². The van der Waals surface area contributed by atoms with Crippen LogP contribution in [-0.2, 0) is 30.1 Å². The number of nitrogens with one attached hydrogen (secondary N) is 4. The lowest BCUT2D eigenvalue weighted by Crippen LogP contribution is -2.72. The fraction of sp³-hybridized carbons (Fsp3) is 0.240. The molecule has 0 unspecified atom stereocenters. The Morgan fingerprint density at radius 3 is 0.828 bits per heavy atom. The first-order chi connectivity index (χ1) is 28.5. The zero-order chi connectivity index (χ0) is 40.2. The van der Waals surface area contributed by atoms with Crippen molar-refractivity contribution in [3.05, 3.63) is 215 Å². The second-order valence-electron chi connectivity index (χ2n) is 14.5. The Bertz CT molecular complexity index is 1820. The van der Waals surface area contributed by atoms with E-state index in [1.165, 1.54) is 0 Å². The van der Waals surface area contributed by atoms with Gasteiger partial charge in [0, 0.05) is 13.2 Å². The zero-order valence-electron chi connectivity index (χ0n) is 33.1. The summed E-state index contributed by atoms with van der Waals surface area (Å²) in [7, 11) is 0. The molecule has 2 amide bonds. The Morgan fingerprint density at radius 1 is 0.414 bits per heavy atom. The van der Waals surface area contributed by atoms with Crippen LogP contribution in [0.2, 0.25) is 0 Å². The summed E-state index contributed by atoms with van der Waals surface area (Å²) >= 11 is 0. The normalized spacial score (nSPS) is 18.7. The van der Waals surface area contributed by atoms with Gasteiger partial charge in [0.15, 0.2) is 12.5 Å².